The maximum atomic E-state index is 13.4. The molecule has 0 bridgehead atoms. The van der Waals surface area contributed by atoms with Gasteiger partial charge in [-0.15, -0.1) is 13.2 Å². The molecule has 0 saturated carbocycles. The maximum Gasteiger partial charge on any atom is 0.573 e. The minimum atomic E-state index is -4.88. The van der Waals surface area contributed by atoms with Gasteiger partial charge in [-0.2, -0.15) is 13.2 Å². The van der Waals surface area contributed by atoms with E-state index in [1.807, 2.05) is 29.2 Å². The second-order valence-corrected chi connectivity index (χ2v) is 10.8. The van der Waals surface area contributed by atoms with Gasteiger partial charge in [-0.05, 0) is 60.4 Å². The first-order valence-corrected chi connectivity index (χ1v) is 12.7. The second-order valence-electron chi connectivity index (χ2n) is 10.8. The van der Waals surface area contributed by atoms with E-state index in [1.165, 1.54) is 23.1 Å². The van der Waals surface area contributed by atoms with Crippen molar-refractivity contribution in [3.05, 3.63) is 89.5 Å². The number of alkyl halides is 6. The van der Waals surface area contributed by atoms with Crippen molar-refractivity contribution in [1.29, 1.82) is 0 Å². The molecule has 0 aliphatic carbocycles. The van der Waals surface area contributed by atoms with Gasteiger partial charge in [-0.3, -0.25) is 0 Å². The predicted octanol–water partition coefficient (Wildman–Crippen LogP) is 5.43. The lowest BCUT2D eigenvalue weighted by atomic mass is 9.71. The Kier molecular flexibility index (Phi) is 6.94. The van der Waals surface area contributed by atoms with Crippen LogP contribution in [0, 0.1) is 0 Å². The molecule has 2 heterocycles. The number of ether oxygens (including phenoxy) is 1. The molecule has 11 heteroatoms. The number of para-hydroxylation sites is 1. The fraction of sp³-hybridized carbons (Fsp3) is 0.379. The molecule has 5 rings (SSSR count). The molecule has 40 heavy (non-hydrogen) atoms. The Bertz CT molecular complexity index is 1370. The van der Waals surface area contributed by atoms with Crippen molar-refractivity contribution in [2.24, 2.45) is 0 Å². The Morgan fingerprint density at radius 1 is 0.900 bits per heavy atom. The number of anilines is 2. The highest BCUT2D eigenvalue weighted by molar-refractivity contribution is 5.68. The van der Waals surface area contributed by atoms with E-state index >= 15 is 0 Å². The number of halogens is 6. The fourth-order valence-electron chi connectivity index (χ4n) is 5.79. The summed E-state index contributed by atoms with van der Waals surface area (Å²) < 4.78 is 83.0. The van der Waals surface area contributed by atoms with Crippen molar-refractivity contribution in [3.63, 3.8) is 0 Å². The van der Waals surface area contributed by atoms with Crippen LogP contribution in [0.25, 0.3) is 0 Å². The molecule has 2 atom stereocenters. The molecule has 2 aliphatic heterocycles. The van der Waals surface area contributed by atoms with Crippen LogP contribution in [0.1, 0.15) is 23.6 Å². The smallest absolute Gasteiger partial charge is 0.406 e. The van der Waals surface area contributed by atoms with Gasteiger partial charge in [0.05, 0.1) is 12.1 Å². The van der Waals surface area contributed by atoms with Crippen LogP contribution in [0.5, 0.6) is 5.75 Å². The SMILES string of the molecule is CC1(O)CN(c2cccc(C3(Cc4cccc(OC(F)(F)F)c4)CN(C[C@@H](O)C(F)(F)F)c4ccccc43)c2)C1. The number of hydrogen-bond donors (Lipinski definition) is 2. The molecule has 0 aromatic heterocycles. The van der Waals surface area contributed by atoms with E-state index in [1.54, 1.807) is 37.3 Å². The van der Waals surface area contributed by atoms with Crippen molar-refractivity contribution in [2.45, 2.75) is 43.0 Å². The quantitative estimate of drug-likeness (QED) is 0.374. The molecular weight excluding hydrogens is 538 g/mol. The van der Waals surface area contributed by atoms with E-state index in [4.69, 9.17) is 0 Å². The average Bonchev–Trinajstić information content (AvgIpc) is 3.15. The number of rotatable bonds is 7. The highest BCUT2D eigenvalue weighted by Crippen LogP contribution is 2.48. The maximum absolute atomic E-state index is 13.4. The Labute approximate surface area is 227 Å². The number of nitrogens with zero attached hydrogens (tertiary/aromatic N) is 2. The van der Waals surface area contributed by atoms with E-state index in [-0.39, 0.29) is 13.0 Å². The molecule has 0 spiro atoms. The topological polar surface area (TPSA) is 56.2 Å². The van der Waals surface area contributed by atoms with Gasteiger partial charge in [0, 0.05) is 36.4 Å². The summed E-state index contributed by atoms with van der Waals surface area (Å²) in [7, 11) is 0. The highest BCUT2D eigenvalue weighted by atomic mass is 19.4. The third kappa shape index (κ3) is 5.71. The molecule has 0 radical (unpaired) electrons. The predicted molar refractivity (Wildman–Crippen MR) is 138 cm³/mol. The van der Waals surface area contributed by atoms with Crippen LogP contribution in [0.15, 0.2) is 72.8 Å². The van der Waals surface area contributed by atoms with Crippen LogP contribution in [0.4, 0.5) is 37.7 Å². The summed E-state index contributed by atoms with van der Waals surface area (Å²) in [6, 6.07) is 19.9. The van der Waals surface area contributed by atoms with Crippen molar-refractivity contribution in [3.8, 4) is 5.75 Å². The molecule has 3 aromatic rings. The van der Waals surface area contributed by atoms with Crippen LogP contribution >= 0.6 is 0 Å². The van der Waals surface area contributed by atoms with Crippen LogP contribution in [-0.2, 0) is 11.8 Å². The number of fused-ring (bicyclic) bond motifs is 1. The molecule has 5 nitrogen and oxygen atoms in total. The van der Waals surface area contributed by atoms with Gasteiger partial charge >= 0.3 is 12.5 Å². The lowest BCUT2D eigenvalue weighted by Gasteiger charge is -2.46. The number of aliphatic hydroxyl groups excluding tert-OH is 1. The van der Waals surface area contributed by atoms with Crippen LogP contribution in [0.2, 0.25) is 0 Å². The van der Waals surface area contributed by atoms with E-state index in [9.17, 15) is 36.6 Å². The molecule has 1 saturated heterocycles. The monoisotopic (exact) mass is 566 g/mol. The first-order chi connectivity index (χ1) is 18.7. The largest absolute Gasteiger partial charge is 0.573 e. The van der Waals surface area contributed by atoms with E-state index < -0.39 is 42.0 Å². The number of benzene rings is 3. The minimum absolute atomic E-state index is 0.0466. The fourth-order valence-corrected chi connectivity index (χ4v) is 5.79. The van der Waals surface area contributed by atoms with Crippen LogP contribution < -0.4 is 14.5 Å². The lowest BCUT2D eigenvalue weighted by molar-refractivity contribution is -0.274. The standard InChI is InChI=1S/C29H28F6N2O3/c1-26(39)16-37(17-26)21-8-5-7-20(13-21)27(14-19-6-4-9-22(12-19)40-29(33,34)35)18-36(15-25(38)28(30,31)32)24-11-3-2-10-23(24)27/h2-13,25,38-39H,14-18H2,1H3/t25-,27?/m1/s1. The van der Waals surface area contributed by atoms with Gasteiger partial charge in [-0.25, -0.2) is 0 Å². The van der Waals surface area contributed by atoms with E-state index in [2.05, 4.69) is 4.74 Å². The summed E-state index contributed by atoms with van der Waals surface area (Å²) >= 11 is 0. The summed E-state index contributed by atoms with van der Waals surface area (Å²) in [5, 5.41) is 20.2. The van der Waals surface area contributed by atoms with Gasteiger partial charge in [0.25, 0.3) is 0 Å². The zero-order chi connectivity index (χ0) is 28.9. The third-order valence-electron chi connectivity index (χ3n) is 7.46. The zero-order valence-corrected chi connectivity index (χ0v) is 21.5. The first-order valence-electron chi connectivity index (χ1n) is 12.7. The summed E-state index contributed by atoms with van der Waals surface area (Å²) in [6.07, 6.45) is -12.1. The molecule has 3 aromatic carbocycles. The molecule has 214 valence electrons. The normalized spacial score (nSPS) is 21.1. The Morgan fingerprint density at radius 3 is 2.27 bits per heavy atom. The van der Waals surface area contributed by atoms with Crippen molar-refractivity contribution in [2.75, 3.05) is 36.0 Å². The van der Waals surface area contributed by atoms with E-state index in [0.717, 1.165) is 11.3 Å². The Morgan fingerprint density at radius 2 is 1.60 bits per heavy atom. The first kappa shape index (κ1) is 28.1. The summed E-state index contributed by atoms with van der Waals surface area (Å²) in [6.45, 7) is 1.88. The number of β-amino-alcohol motifs (C(OH)–C–C–N with tert-alkyl or cyclic N) is 2. The van der Waals surface area contributed by atoms with Crippen molar-refractivity contribution in [1.82, 2.24) is 0 Å². The zero-order valence-electron chi connectivity index (χ0n) is 21.5. The van der Waals surface area contributed by atoms with Gasteiger partial charge in [0.2, 0.25) is 0 Å². The molecule has 2 aliphatic rings. The summed E-state index contributed by atoms with van der Waals surface area (Å²) in [4.78, 5) is 3.45. The molecule has 1 fully saturated rings. The highest BCUT2D eigenvalue weighted by Gasteiger charge is 2.48. The molecule has 0 amide bonds. The van der Waals surface area contributed by atoms with E-state index in [0.29, 0.717) is 29.9 Å². The lowest BCUT2D eigenvalue weighted by Crippen LogP contribution is -2.60. The second kappa shape index (κ2) is 9.88. The van der Waals surface area contributed by atoms with Gasteiger partial charge in [-0.1, -0.05) is 42.5 Å². The molecular formula is C29H28F6N2O3. The summed E-state index contributed by atoms with van der Waals surface area (Å²) in [5.41, 5.74) is 1.44. The summed E-state index contributed by atoms with van der Waals surface area (Å²) in [5.74, 6) is -0.396. The van der Waals surface area contributed by atoms with Gasteiger partial charge in [0.1, 0.15) is 5.75 Å². The Balaban J connectivity index is 1.59. The van der Waals surface area contributed by atoms with Crippen LogP contribution in [0.3, 0.4) is 0 Å². The average molecular weight is 567 g/mol. The van der Waals surface area contributed by atoms with Crippen molar-refractivity contribution < 1.29 is 41.3 Å². The van der Waals surface area contributed by atoms with Gasteiger partial charge in [0.15, 0.2) is 6.10 Å². The number of hydrogen-bond acceptors (Lipinski definition) is 5. The molecule has 1 unspecified atom stereocenters. The molecule has 2 N–H and O–H groups in total. The third-order valence-corrected chi connectivity index (χ3v) is 7.46. The Hall–Kier alpha value is -3.44. The number of aliphatic hydroxyl groups is 2. The minimum Gasteiger partial charge on any atom is -0.406 e. The van der Waals surface area contributed by atoms with Crippen LogP contribution in [-0.4, -0.2) is 60.6 Å². The van der Waals surface area contributed by atoms with Gasteiger partial charge < -0.3 is 24.7 Å². The van der Waals surface area contributed by atoms with Crippen molar-refractivity contribution >= 4 is 11.4 Å².